The van der Waals surface area contributed by atoms with Crippen LogP contribution in [0.1, 0.15) is 44.2 Å². The minimum Gasteiger partial charge on any atom is -0.481 e. The highest BCUT2D eigenvalue weighted by Crippen LogP contribution is 2.27. The molecule has 0 radical (unpaired) electrons. The first kappa shape index (κ1) is 25.3. The molecule has 0 aliphatic rings. The number of aliphatic imine (C=N–C) groups is 1. The van der Waals surface area contributed by atoms with E-state index in [1.165, 1.54) is 0 Å². The lowest BCUT2D eigenvalue weighted by molar-refractivity contribution is -0.137. The van der Waals surface area contributed by atoms with Crippen molar-refractivity contribution in [1.82, 2.24) is 10.3 Å². The minimum absolute atomic E-state index is 0.0920. The zero-order valence-electron chi connectivity index (χ0n) is 18.9. The molecule has 172 valence electrons. The van der Waals surface area contributed by atoms with Crippen LogP contribution in [0.2, 0.25) is 0 Å². The number of aliphatic carboxylic acids is 1. The number of amides is 1. The second-order valence-corrected chi connectivity index (χ2v) is 7.93. The van der Waals surface area contributed by atoms with Gasteiger partial charge in [-0.1, -0.05) is 38.1 Å². The summed E-state index contributed by atoms with van der Waals surface area (Å²) < 4.78 is 0. The first-order valence-electron chi connectivity index (χ1n) is 10.8. The fourth-order valence-corrected chi connectivity index (χ4v) is 3.08. The molecule has 1 aromatic carbocycles. The van der Waals surface area contributed by atoms with Gasteiger partial charge in [0, 0.05) is 30.9 Å². The molecule has 0 saturated heterocycles. The van der Waals surface area contributed by atoms with Gasteiger partial charge in [-0.05, 0) is 48.1 Å². The minimum atomic E-state index is -1.18. The van der Waals surface area contributed by atoms with E-state index in [-0.39, 0.29) is 18.2 Å². The molecule has 0 spiro atoms. The fraction of sp³-hybridized carbons (Fsp3) is 0.320. The van der Waals surface area contributed by atoms with Crippen LogP contribution in [0.25, 0.3) is 5.57 Å². The van der Waals surface area contributed by atoms with E-state index in [0.29, 0.717) is 25.1 Å². The van der Waals surface area contributed by atoms with E-state index >= 15 is 0 Å². The Labute approximate surface area is 193 Å². The molecule has 33 heavy (non-hydrogen) atoms. The number of hydrogen-bond donors (Lipinski definition) is 3. The van der Waals surface area contributed by atoms with E-state index in [1.807, 2.05) is 56.3 Å². The number of unbranched alkanes of at least 4 members (excludes halogenated alkanes) is 1. The molecule has 0 aliphatic carbocycles. The highest BCUT2D eigenvalue weighted by atomic mass is 16.4. The number of nitriles is 1. The molecule has 1 amide bonds. The SMILES string of the molecule is CC(C)CNC(=Nc1cccc(/C(=C\CCCC(=O)O)c2cccnc2)c1)C(C#N)C(N)=O. The smallest absolute Gasteiger partial charge is 0.303 e. The average Bonchev–Trinajstić information content (AvgIpc) is 2.78. The molecule has 1 atom stereocenters. The number of allylic oxidation sites excluding steroid dienone is 1. The van der Waals surface area contributed by atoms with E-state index in [1.54, 1.807) is 18.5 Å². The molecule has 1 unspecified atom stereocenters. The molecule has 0 saturated carbocycles. The maximum Gasteiger partial charge on any atom is 0.303 e. The lowest BCUT2D eigenvalue weighted by atomic mass is 9.97. The maximum atomic E-state index is 11.8. The predicted molar refractivity (Wildman–Crippen MR) is 127 cm³/mol. The molecule has 2 rings (SSSR count). The fourth-order valence-electron chi connectivity index (χ4n) is 3.08. The molecule has 0 bridgehead atoms. The second-order valence-electron chi connectivity index (χ2n) is 7.93. The van der Waals surface area contributed by atoms with Crippen molar-refractivity contribution < 1.29 is 14.7 Å². The van der Waals surface area contributed by atoms with Gasteiger partial charge in [-0.25, -0.2) is 4.99 Å². The number of nitrogens with two attached hydrogens (primary N) is 1. The Balaban J connectivity index is 2.45. The van der Waals surface area contributed by atoms with Crippen LogP contribution < -0.4 is 11.1 Å². The normalized spacial score (nSPS) is 12.8. The third-order valence-corrected chi connectivity index (χ3v) is 4.70. The molecule has 0 aliphatic heterocycles. The van der Waals surface area contributed by atoms with Crippen LogP contribution in [0.5, 0.6) is 0 Å². The number of carbonyl (C=O) groups excluding carboxylic acids is 1. The largest absolute Gasteiger partial charge is 0.481 e. The number of amidine groups is 1. The van der Waals surface area contributed by atoms with Gasteiger partial charge in [0.25, 0.3) is 0 Å². The van der Waals surface area contributed by atoms with Gasteiger partial charge in [0.05, 0.1) is 11.8 Å². The molecule has 8 heteroatoms. The summed E-state index contributed by atoms with van der Waals surface area (Å²) in [6.45, 7) is 4.55. The van der Waals surface area contributed by atoms with Crippen LogP contribution in [-0.4, -0.2) is 34.3 Å². The van der Waals surface area contributed by atoms with Crippen LogP contribution in [0.3, 0.4) is 0 Å². The van der Waals surface area contributed by atoms with Gasteiger partial charge >= 0.3 is 5.97 Å². The summed E-state index contributed by atoms with van der Waals surface area (Å²) in [5.74, 6) is -2.29. The molecule has 1 heterocycles. The number of rotatable bonds is 11. The summed E-state index contributed by atoms with van der Waals surface area (Å²) in [7, 11) is 0. The average molecular weight is 448 g/mol. The number of hydrogen-bond acceptors (Lipinski definition) is 5. The van der Waals surface area contributed by atoms with E-state index in [4.69, 9.17) is 10.8 Å². The van der Waals surface area contributed by atoms with Gasteiger partial charge in [-0.3, -0.25) is 14.6 Å². The lowest BCUT2D eigenvalue weighted by Gasteiger charge is -2.15. The summed E-state index contributed by atoms with van der Waals surface area (Å²) in [4.78, 5) is 31.4. The Morgan fingerprint density at radius 1 is 1.27 bits per heavy atom. The van der Waals surface area contributed by atoms with Gasteiger partial charge in [-0.15, -0.1) is 0 Å². The quantitative estimate of drug-likeness (QED) is 0.273. The van der Waals surface area contributed by atoms with E-state index < -0.39 is 17.8 Å². The van der Waals surface area contributed by atoms with Crippen molar-refractivity contribution in [3.05, 3.63) is 66.0 Å². The standard InChI is InChI=1S/C25H29N5O3/c1-17(2)15-29-25(22(14-26)24(27)33)30-20-9-5-7-18(13-20)21(10-3-4-11-23(31)32)19-8-6-12-28-16-19/h5-10,12-13,16-17,22H,3-4,11,15H2,1-2H3,(H2,27,33)(H,29,30)(H,31,32)/b21-10+. The third-order valence-electron chi connectivity index (χ3n) is 4.70. The topological polar surface area (TPSA) is 141 Å². The number of aromatic nitrogens is 1. The number of nitrogens with one attached hydrogen (secondary N) is 1. The van der Waals surface area contributed by atoms with Crippen LogP contribution in [0.15, 0.2) is 59.9 Å². The van der Waals surface area contributed by atoms with Crippen LogP contribution in [-0.2, 0) is 9.59 Å². The zero-order valence-corrected chi connectivity index (χ0v) is 18.9. The molecular weight excluding hydrogens is 418 g/mol. The number of nitrogens with zero attached hydrogens (tertiary/aromatic N) is 3. The second kappa shape index (κ2) is 12.8. The molecule has 2 aromatic rings. The zero-order chi connectivity index (χ0) is 24.2. The van der Waals surface area contributed by atoms with Crippen molar-refractivity contribution in [2.45, 2.75) is 33.1 Å². The van der Waals surface area contributed by atoms with Crippen molar-refractivity contribution in [2.24, 2.45) is 22.6 Å². The Hall–Kier alpha value is -3.99. The Kier molecular flexibility index (Phi) is 9.78. The first-order chi connectivity index (χ1) is 15.8. The monoisotopic (exact) mass is 447 g/mol. The van der Waals surface area contributed by atoms with Crippen molar-refractivity contribution in [3.63, 3.8) is 0 Å². The van der Waals surface area contributed by atoms with Crippen LogP contribution >= 0.6 is 0 Å². The number of carbonyl (C=O) groups is 2. The van der Waals surface area contributed by atoms with Crippen LogP contribution in [0.4, 0.5) is 5.69 Å². The molecular formula is C25H29N5O3. The first-order valence-corrected chi connectivity index (χ1v) is 10.8. The highest BCUT2D eigenvalue weighted by Gasteiger charge is 2.22. The van der Waals surface area contributed by atoms with Crippen molar-refractivity contribution in [2.75, 3.05) is 6.54 Å². The number of carboxylic acids is 1. The summed E-state index contributed by atoms with van der Waals surface area (Å²) >= 11 is 0. The summed E-state index contributed by atoms with van der Waals surface area (Å²) in [6.07, 6.45) is 6.61. The molecule has 4 N–H and O–H groups in total. The van der Waals surface area contributed by atoms with E-state index in [9.17, 15) is 14.9 Å². The Morgan fingerprint density at radius 2 is 2.03 bits per heavy atom. The highest BCUT2D eigenvalue weighted by molar-refractivity contribution is 6.05. The summed E-state index contributed by atoms with van der Waals surface area (Å²) in [5, 5.41) is 21.4. The Bertz CT molecular complexity index is 1060. The Morgan fingerprint density at radius 3 is 2.64 bits per heavy atom. The van der Waals surface area contributed by atoms with Crippen molar-refractivity contribution >= 4 is 29.0 Å². The maximum absolute atomic E-state index is 11.8. The predicted octanol–water partition coefficient (Wildman–Crippen LogP) is 3.67. The van der Waals surface area contributed by atoms with Crippen molar-refractivity contribution in [1.29, 1.82) is 5.26 Å². The van der Waals surface area contributed by atoms with Gasteiger partial charge in [0.2, 0.25) is 5.91 Å². The van der Waals surface area contributed by atoms with Gasteiger partial charge in [0.15, 0.2) is 5.92 Å². The molecule has 8 nitrogen and oxygen atoms in total. The van der Waals surface area contributed by atoms with E-state index in [0.717, 1.165) is 16.7 Å². The summed E-state index contributed by atoms with van der Waals surface area (Å²) in [6, 6.07) is 13.1. The molecule has 0 fully saturated rings. The van der Waals surface area contributed by atoms with Gasteiger partial charge in [-0.2, -0.15) is 5.26 Å². The van der Waals surface area contributed by atoms with Gasteiger partial charge < -0.3 is 16.2 Å². The van der Waals surface area contributed by atoms with Crippen molar-refractivity contribution in [3.8, 4) is 6.07 Å². The number of carboxylic acid groups (broad SMARTS) is 1. The third kappa shape index (κ3) is 8.22. The number of pyridine rings is 1. The number of benzene rings is 1. The van der Waals surface area contributed by atoms with Crippen LogP contribution in [0, 0.1) is 23.2 Å². The van der Waals surface area contributed by atoms with Gasteiger partial charge in [0.1, 0.15) is 5.84 Å². The number of primary amides is 1. The summed E-state index contributed by atoms with van der Waals surface area (Å²) in [5.41, 5.74) is 8.61. The molecule has 1 aromatic heterocycles. The lowest BCUT2D eigenvalue weighted by Crippen LogP contribution is -2.39. The van der Waals surface area contributed by atoms with E-state index in [2.05, 4.69) is 15.3 Å².